The minimum absolute atomic E-state index is 0.0174. The summed E-state index contributed by atoms with van der Waals surface area (Å²) in [5.74, 6) is 1.12. The zero-order valence-corrected chi connectivity index (χ0v) is 8.52. The first-order valence-electron chi connectivity index (χ1n) is 4.74. The van der Waals surface area contributed by atoms with Gasteiger partial charge in [0.05, 0.1) is 5.50 Å². The Morgan fingerprint density at radius 1 is 1.29 bits per heavy atom. The average Bonchev–Trinajstić information content (AvgIpc) is 2.19. The van der Waals surface area contributed by atoms with Crippen LogP contribution in [-0.2, 0) is 0 Å². The summed E-state index contributed by atoms with van der Waals surface area (Å²) in [4.78, 5) is 0. The smallest absolute Gasteiger partial charge is 0.123 e. The second-order valence-electron chi connectivity index (χ2n) is 3.49. The zero-order chi connectivity index (χ0) is 9.97. The van der Waals surface area contributed by atoms with Gasteiger partial charge in [0.15, 0.2) is 0 Å². The Balaban J connectivity index is 2.10. The predicted octanol–water partition coefficient (Wildman–Crippen LogP) is 2.70. The Morgan fingerprint density at radius 2 is 2.00 bits per heavy atom. The monoisotopic (exact) mass is 212 g/mol. The van der Waals surface area contributed by atoms with Crippen molar-refractivity contribution < 1.29 is 4.39 Å². The van der Waals surface area contributed by atoms with Crippen LogP contribution in [0.15, 0.2) is 24.3 Å². The van der Waals surface area contributed by atoms with Gasteiger partial charge in [-0.25, -0.2) is 4.39 Å². The molecule has 0 aliphatic carbocycles. The summed E-state index contributed by atoms with van der Waals surface area (Å²) < 4.78 is 12.7. The Kier molecular flexibility index (Phi) is 3.04. The lowest BCUT2D eigenvalue weighted by molar-refractivity contribution is 0.527. The number of benzene rings is 1. The fraction of sp³-hybridized carbons (Fsp3) is 0.364. The summed E-state index contributed by atoms with van der Waals surface area (Å²) in [5, 5.41) is 3.16. The van der Waals surface area contributed by atoms with Crippen LogP contribution in [0.4, 0.5) is 4.39 Å². The summed E-state index contributed by atoms with van der Waals surface area (Å²) in [6, 6.07) is 6.63. The molecule has 1 saturated heterocycles. The maximum absolute atomic E-state index is 12.7. The molecule has 0 bridgehead atoms. The van der Waals surface area contributed by atoms with E-state index >= 15 is 0 Å². The van der Waals surface area contributed by atoms with Gasteiger partial charge in [-0.05, 0) is 37.1 Å². The number of halogens is 2. The average molecular weight is 213 g/mol. The minimum Gasteiger partial charge on any atom is -0.301 e. The van der Waals surface area contributed by atoms with Crippen molar-refractivity contribution >= 4 is 11.6 Å². The number of hydrogen-bond donors (Lipinski definition) is 1. The molecule has 14 heavy (non-hydrogen) atoms. The molecule has 0 spiro atoms. The van der Waals surface area contributed by atoms with Crippen LogP contribution in [-0.4, -0.2) is 12.0 Å². The molecule has 1 radical (unpaired) electrons. The van der Waals surface area contributed by atoms with Gasteiger partial charge in [-0.1, -0.05) is 12.1 Å². The Bertz CT molecular complexity index is 299. The van der Waals surface area contributed by atoms with E-state index in [1.807, 2.05) is 12.1 Å². The summed E-state index contributed by atoms with van der Waals surface area (Å²) >= 11 is 5.99. The fourth-order valence-electron chi connectivity index (χ4n) is 1.72. The molecule has 1 aliphatic rings. The molecule has 2 rings (SSSR count). The van der Waals surface area contributed by atoms with E-state index in [0.29, 0.717) is 0 Å². The lowest BCUT2D eigenvalue weighted by atomic mass is 9.90. The highest BCUT2D eigenvalue weighted by Crippen LogP contribution is 2.27. The molecular formula is C11H12ClFN. The summed E-state index contributed by atoms with van der Waals surface area (Å²) in [6.45, 7) is 0.904. The van der Waals surface area contributed by atoms with Gasteiger partial charge in [-0.3, -0.25) is 0 Å². The van der Waals surface area contributed by atoms with E-state index in [2.05, 4.69) is 5.32 Å². The first-order valence-corrected chi connectivity index (χ1v) is 5.17. The molecule has 3 heteroatoms. The van der Waals surface area contributed by atoms with Crippen LogP contribution in [0.25, 0.3) is 0 Å². The fourth-order valence-corrected chi connectivity index (χ4v) is 2.01. The second kappa shape index (κ2) is 4.28. The molecule has 0 aromatic heterocycles. The molecule has 1 aromatic rings. The number of nitrogens with one attached hydrogen (secondary N) is 1. The third-order valence-corrected chi connectivity index (χ3v) is 2.78. The quantitative estimate of drug-likeness (QED) is 0.558. The largest absolute Gasteiger partial charge is 0.301 e. The van der Waals surface area contributed by atoms with Crippen LogP contribution < -0.4 is 5.32 Å². The van der Waals surface area contributed by atoms with E-state index in [1.54, 1.807) is 0 Å². The van der Waals surface area contributed by atoms with E-state index in [-0.39, 0.29) is 11.3 Å². The number of hydrogen-bond acceptors (Lipinski definition) is 1. The van der Waals surface area contributed by atoms with Gasteiger partial charge in [-0.2, -0.15) is 0 Å². The highest BCUT2D eigenvalue weighted by Gasteiger charge is 2.21. The van der Waals surface area contributed by atoms with Crippen molar-refractivity contribution in [2.75, 3.05) is 6.54 Å². The van der Waals surface area contributed by atoms with E-state index in [0.717, 1.165) is 24.9 Å². The van der Waals surface area contributed by atoms with Gasteiger partial charge >= 0.3 is 0 Å². The normalized spacial score (nSPS) is 23.7. The van der Waals surface area contributed by atoms with Gasteiger partial charge < -0.3 is 5.32 Å². The van der Waals surface area contributed by atoms with E-state index < -0.39 is 0 Å². The van der Waals surface area contributed by atoms with Crippen molar-refractivity contribution in [3.63, 3.8) is 0 Å². The molecule has 1 aromatic carbocycles. The zero-order valence-electron chi connectivity index (χ0n) is 7.76. The lowest BCUT2D eigenvalue weighted by Crippen LogP contribution is -2.33. The number of rotatable bonds is 1. The summed E-state index contributed by atoms with van der Waals surface area (Å²) in [7, 11) is 0. The van der Waals surface area contributed by atoms with Crippen LogP contribution in [0.3, 0.4) is 0 Å². The van der Waals surface area contributed by atoms with Crippen LogP contribution >= 0.6 is 11.6 Å². The van der Waals surface area contributed by atoms with Crippen LogP contribution in [0, 0.1) is 11.7 Å². The van der Waals surface area contributed by atoms with Crippen LogP contribution in [0.5, 0.6) is 0 Å². The van der Waals surface area contributed by atoms with Crippen molar-refractivity contribution in [3.8, 4) is 0 Å². The van der Waals surface area contributed by atoms with Crippen molar-refractivity contribution in [2.24, 2.45) is 0 Å². The third-order valence-electron chi connectivity index (χ3n) is 2.47. The Morgan fingerprint density at radius 3 is 2.64 bits per heavy atom. The SMILES string of the molecule is Fc1ccc([C]2CCNC(Cl)C2)cc1. The van der Waals surface area contributed by atoms with Crippen LogP contribution in [0.2, 0.25) is 0 Å². The molecule has 1 aliphatic heterocycles. The molecule has 0 amide bonds. The maximum Gasteiger partial charge on any atom is 0.123 e. The van der Waals surface area contributed by atoms with Gasteiger partial charge in [0.25, 0.3) is 0 Å². The molecule has 75 valence electrons. The molecule has 1 unspecified atom stereocenters. The van der Waals surface area contributed by atoms with Gasteiger partial charge in [0.2, 0.25) is 0 Å². The van der Waals surface area contributed by atoms with Crippen molar-refractivity contribution in [1.29, 1.82) is 0 Å². The van der Waals surface area contributed by atoms with Crippen LogP contribution in [0.1, 0.15) is 18.4 Å². The molecule has 1 heterocycles. The first kappa shape index (κ1) is 9.94. The molecule has 1 nitrogen and oxygen atoms in total. The number of piperidine rings is 1. The number of alkyl halides is 1. The van der Waals surface area contributed by atoms with E-state index in [1.165, 1.54) is 18.1 Å². The van der Waals surface area contributed by atoms with E-state index in [9.17, 15) is 4.39 Å². The standard InChI is InChI=1S/C11H12ClFN/c12-11-7-9(5-6-14-11)8-1-3-10(13)4-2-8/h1-4,11,14H,5-7H2. The molecule has 1 atom stereocenters. The molecule has 0 saturated carbocycles. The van der Waals surface area contributed by atoms with Gasteiger partial charge in [0.1, 0.15) is 5.82 Å². The van der Waals surface area contributed by atoms with Crippen molar-refractivity contribution in [2.45, 2.75) is 18.3 Å². The summed E-state index contributed by atoms with van der Waals surface area (Å²) in [5.41, 5.74) is 1.13. The van der Waals surface area contributed by atoms with Gasteiger partial charge in [-0.15, -0.1) is 11.6 Å². The molecular weight excluding hydrogens is 201 g/mol. The van der Waals surface area contributed by atoms with E-state index in [4.69, 9.17) is 11.6 Å². The highest BCUT2D eigenvalue weighted by atomic mass is 35.5. The topological polar surface area (TPSA) is 12.0 Å². The predicted molar refractivity (Wildman–Crippen MR) is 55.6 cm³/mol. The van der Waals surface area contributed by atoms with Crippen molar-refractivity contribution in [3.05, 3.63) is 41.6 Å². The molecule has 1 N–H and O–H groups in total. The van der Waals surface area contributed by atoms with Gasteiger partial charge in [0, 0.05) is 5.92 Å². The Labute approximate surface area is 88.3 Å². The first-order chi connectivity index (χ1) is 6.75. The molecule has 1 fully saturated rings. The maximum atomic E-state index is 12.7. The minimum atomic E-state index is -0.189. The highest BCUT2D eigenvalue weighted by molar-refractivity contribution is 6.20. The second-order valence-corrected chi connectivity index (χ2v) is 4.01. The van der Waals surface area contributed by atoms with Crippen molar-refractivity contribution in [1.82, 2.24) is 5.32 Å². The third kappa shape index (κ3) is 2.25. The lowest BCUT2D eigenvalue weighted by Gasteiger charge is -2.26. The Hall–Kier alpha value is -0.600. The summed E-state index contributed by atoms with van der Waals surface area (Å²) in [6.07, 6.45) is 1.84.